The van der Waals surface area contributed by atoms with Crippen LogP contribution in [-0.4, -0.2) is 32.3 Å². The summed E-state index contributed by atoms with van der Waals surface area (Å²) < 4.78 is 5.75. The molecule has 0 radical (unpaired) electrons. The van der Waals surface area contributed by atoms with Gasteiger partial charge in [0.05, 0.1) is 6.10 Å². The average molecular weight is 326 g/mol. The van der Waals surface area contributed by atoms with E-state index >= 15 is 0 Å². The predicted octanol–water partition coefficient (Wildman–Crippen LogP) is 3.46. The smallest absolute Gasteiger partial charge is 0.191 e. The van der Waals surface area contributed by atoms with E-state index in [9.17, 15) is 0 Å². The van der Waals surface area contributed by atoms with E-state index in [-0.39, 0.29) is 6.10 Å². The van der Waals surface area contributed by atoms with Gasteiger partial charge in [-0.1, -0.05) is 37.6 Å². The number of benzene rings is 1. The number of hydrogen-bond donors (Lipinski definition) is 2. The molecular formula is C17H28ClN3O. The standard InChI is InChI=1S/C17H28ClN3O/c1-5-22-16(13(2)3)10-11-20-17(19-4)21-12-14-6-8-15(18)9-7-14/h6-9,13,16H,5,10-12H2,1-4H3,(H2,19,20,21). The average Bonchev–Trinajstić information content (AvgIpc) is 2.51. The molecule has 1 unspecified atom stereocenters. The van der Waals surface area contributed by atoms with Crippen LogP contribution in [0.1, 0.15) is 32.8 Å². The van der Waals surface area contributed by atoms with Crippen molar-refractivity contribution in [3.63, 3.8) is 0 Å². The van der Waals surface area contributed by atoms with Crippen molar-refractivity contribution < 1.29 is 4.74 Å². The fraction of sp³-hybridized carbons (Fsp3) is 0.588. The summed E-state index contributed by atoms with van der Waals surface area (Å²) in [6.07, 6.45) is 1.25. The van der Waals surface area contributed by atoms with Gasteiger partial charge < -0.3 is 15.4 Å². The lowest BCUT2D eigenvalue weighted by molar-refractivity contribution is 0.0258. The summed E-state index contributed by atoms with van der Waals surface area (Å²) in [7, 11) is 1.78. The molecule has 0 fully saturated rings. The highest BCUT2D eigenvalue weighted by Gasteiger charge is 2.12. The van der Waals surface area contributed by atoms with Crippen molar-refractivity contribution in [3.05, 3.63) is 34.9 Å². The first kappa shape index (κ1) is 18.8. The molecule has 0 aliphatic carbocycles. The Morgan fingerprint density at radius 1 is 1.23 bits per heavy atom. The van der Waals surface area contributed by atoms with Crippen molar-refractivity contribution in [2.24, 2.45) is 10.9 Å². The van der Waals surface area contributed by atoms with Gasteiger partial charge in [0.25, 0.3) is 0 Å². The number of hydrogen-bond acceptors (Lipinski definition) is 2. The van der Waals surface area contributed by atoms with Crippen LogP contribution in [-0.2, 0) is 11.3 Å². The van der Waals surface area contributed by atoms with Crippen LogP contribution < -0.4 is 10.6 Å². The Balaban J connectivity index is 2.34. The zero-order valence-corrected chi connectivity index (χ0v) is 14.8. The van der Waals surface area contributed by atoms with Crippen LogP contribution in [0.15, 0.2) is 29.3 Å². The van der Waals surface area contributed by atoms with E-state index in [0.717, 1.165) is 37.1 Å². The molecule has 4 nitrogen and oxygen atoms in total. The maximum Gasteiger partial charge on any atom is 0.191 e. The van der Waals surface area contributed by atoms with Gasteiger partial charge in [-0.3, -0.25) is 4.99 Å². The lowest BCUT2D eigenvalue weighted by atomic mass is 10.0. The molecular weight excluding hydrogens is 298 g/mol. The van der Waals surface area contributed by atoms with Crippen molar-refractivity contribution >= 4 is 17.6 Å². The van der Waals surface area contributed by atoms with Gasteiger partial charge in [-0.2, -0.15) is 0 Å². The number of nitrogens with one attached hydrogen (secondary N) is 2. The van der Waals surface area contributed by atoms with Crippen molar-refractivity contribution in [3.8, 4) is 0 Å². The zero-order chi connectivity index (χ0) is 16.4. The quantitative estimate of drug-likeness (QED) is 0.568. The van der Waals surface area contributed by atoms with Gasteiger partial charge in [0.2, 0.25) is 0 Å². The van der Waals surface area contributed by atoms with Crippen LogP contribution in [0.5, 0.6) is 0 Å². The second-order valence-corrected chi connectivity index (χ2v) is 5.94. The Morgan fingerprint density at radius 2 is 1.91 bits per heavy atom. The van der Waals surface area contributed by atoms with Crippen LogP contribution in [0.3, 0.4) is 0 Å². The van der Waals surface area contributed by atoms with Gasteiger partial charge >= 0.3 is 0 Å². The lowest BCUT2D eigenvalue weighted by Gasteiger charge is -2.21. The SMILES string of the molecule is CCOC(CCNC(=NC)NCc1ccc(Cl)cc1)C(C)C. The van der Waals surface area contributed by atoms with E-state index in [0.29, 0.717) is 5.92 Å². The molecule has 0 amide bonds. The third-order valence-corrected chi connectivity index (χ3v) is 3.69. The number of nitrogens with zero attached hydrogens (tertiary/aromatic N) is 1. The van der Waals surface area contributed by atoms with E-state index in [1.165, 1.54) is 5.56 Å². The first-order valence-electron chi connectivity index (χ1n) is 7.87. The number of ether oxygens (including phenoxy) is 1. The fourth-order valence-electron chi connectivity index (χ4n) is 2.16. The highest BCUT2D eigenvalue weighted by molar-refractivity contribution is 6.30. The molecule has 0 saturated carbocycles. The Hall–Kier alpha value is -1.26. The van der Waals surface area contributed by atoms with Gasteiger partial charge in [-0.25, -0.2) is 0 Å². The van der Waals surface area contributed by atoms with Crippen LogP contribution in [0, 0.1) is 5.92 Å². The second-order valence-electron chi connectivity index (χ2n) is 5.51. The van der Waals surface area contributed by atoms with Gasteiger partial charge in [0, 0.05) is 31.8 Å². The molecule has 0 aromatic heterocycles. The Labute approximate surface area is 139 Å². The van der Waals surface area contributed by atoms with E-state index < -0.39 is 0 Å². The van der Waals surface area contributed by atoms with Crippen LogP contribution in [0.4, 0.5) is 0 Å². The van der Waals surface area contributed by atoms with Gasteiger partial charge in [-0.05, 0) is 37.0 Å². The maximum absolute atomic E-state index is 5.88. The summed E-state index contributed by atoms with van der Waals surface area (Å²) >= 11 is 5.88. The van der Waals surface area contributed by atoms with Gasteiger partial charge in [0.1, 0.15) is 0 Å². The minimum absolute atomic E-state index is 0.284. The van der Waals surface area contributed by atoms with E-state index in [1.807, 2.05) is 31.2 Å². The summed E-state index contributed by atoms with van der Waals surface area (Å²) in [6.45, 7) is 8.72. The van der Waals surface area contributed by atoms with Crippen molar-refractivity contribution in [1.82, 2.24) is 10.6 Å². The summed E-state index contributed by atoms with van der Waals surface area (Å²) in [5, 5.41) is 7.37. The molecule has 0 saturated heterocycles. The van der Waals surface area contributed by atoms with E-state index in [1.54, 1.807) is 7.05 Å². The van der Waals surface area contributed by atoms with Crippen molar-refractivity contribution in [2.75, 3.05) is 20.2 Å². The molecule has 0 aliphatic heterocycles. The molecule has 1 aromatic rings. The largest absolute Gasteiger partial charge is 0.378 e. The van der Waals surface area contributed by atoms with E-state index in [4.69, 9.17) is 16.3 Å². The second kappa shape index (κ2) is 10.5. The molecule has 1 rings (SSSR count). The highest BCUT2D eigenvalue weighted by atomic mass is 35.5. The minimum atomic E-state index is 0.284. The van der Waals surface area contributed by atoms with Crippen molar-refractivity contribution in [2.45, 2.75) is 39.8 Å². The van der Waals surface area contributed by atoms with Gasteiger partial charge in [0.15, 0.2) is 5.96 Å². The summed E-state index contributed by atoms with van der Waals surface area (Å²) in [4.78, 5) is 4.24. The fourth-order valence-corrected chi connectivity index (χ4v) is 2.29. The predicted molar refractivity (Wildman–Crippen MR) is 94.5 cm³/mol. The highest BCUT2D eigenvalue weighted by Crippen LogP contribution is 2.10. The van der Waals surface area contributed by atoms with Crippen LogP contribution >= 0.6 is 11.6 Å². The Kier molecular flexibility index (Phi) is 8.94. The molecule has 2 N–H and O–H groups in total. The van der Waals surface area contributed by atoms with Gasteiger partial charge in [-0.15, -0.1) is 0 Å². The lowest BCUT2D eigenvalue weighted by Crippen LogP contribution is -2.38. The monoisotopic (exact) mass is 325 g/mol. The summed E-state index contributed by atoms with van der Waals surface area (Å²) in [6, 6.07) is 7.80. The number of aliphatic imine (C=N–C) groups is 1. The number of halogens is 1. The molecule has 22 heavy (non-hydrogen) atoms. The minimum Gasteiger partial charge on any atom is -0.378 e. The Morgan fingerprint density at radius 3 is 2.45 bits per heavy atom. The first-order valence-corrected chi connectivity index (χ1v) is 8.25. The summed E-state index contributed by atoms with van der Waals surface area (Å²) in [5.74, 6) is 1.32. The molecule has 1 atom stereocenters. The maximum atomic E-state index is 5.88. The van der Waals surface area contributed by atoms with Crippen molar-refractivity contribution in [1.29, 1.82) is 0 Å². The molecule has 0 aliphatic rings. The van der Waals surface area contributed by atoms with Crippen LogP contribution in [0.25, 0.3) is 0 Å². The Bertz CT molecular complexity index is 446. The molecule has 0 heterocycles. The number of rotatable bonds is 8. The third-order valence-electron chi connectivity index (χ3n) is 3.44. The molecule has 0 spiro atoms. The van der Waals surface area contributed by atoms with E-state index in [2.05, 4.69) is 29.5 Å². The molecule has 1 aromatic carbocycles. The molecule has 124 valence electrons. The normalized spacial score (nSPS) is 13.3. The first-order chi connectivity index (χ1) is 10.6. The summed E-state index contributed by atoms with van der Waals surface area (Å²) in [5.41, 5.74) is 1.17. The molecule has 0 bridgehead atoms. The zero-order valence-electron chi connectivity index (χ0n) is 14.0. The number of guanidine groups is 1. The third kappa shape index (κ3) is 7.14. The topological polar surface area (TPSA) is 45.6 Å². The molecule has 5 heteroatoms. The van der Waals surface area contributed by atoms with Crippen LogP contribution in [0.2, 0.25) is 5.02 Å².